The molecule has 0 unspecified atom stereocenters. The molecule has 0 aliphatic carbocycles. The van der Waals surface area contributed by atoms with Gasteiger partial charge >= 0.3 is 5.97 Å². The summed E-state index contributed by atoms with van der Waals surface area (Å²) in [7, 11) is 2.94. The number of rotatable bonds is 8. The summed E-state index contributed by atoms with van der Waals surface area (Å²) >= 11 is 0. The van der Waals surface area contributed by atoms with Gasteiger partial charge in [0.25, 0.3) is 0 Å². The van der Waals surface area contributed by atoms with Crippen LogP contribution in [0.4, 0.5) is 0 Å². The number of esters is 1. The lowest BCUT2D eigenvalue weighted by Gasteiger charge is -2.00. The number of carbonyl (C=O) groups excluding carboxylic acids is 2. The lowest BCUT2D eigenvalue weighted by molar-refractivity contribution is -0.140. The molecule has 0 atom stereocenters. The van der Waals surface area contributed by atoms with E-state index >= 15 is 0 Å². The second-order valence-corrected chi connectivity index (χ2v) is 3.06. The molecule has 0 rings (SSSR count). The molecule has 0 aromatic rings. The van der Waals surface area contributed by atoms with Gasteiger partial charge in [0.1, 0.15) is 5.78 Å². The van der Waals surface area contributed by atoms with Crippen molar-refractivity contribution in [3.8, 4) is 0 Å². The second kappa shape index (κ2) is 8.69. The molecule has 0 aromatic carbocycles. The Bertz CT molecular complexity index is 177. The maximum atomic E-state index is 11.1. The van der Waals surface area contributed by atoms with E-state index in [-0.39, 0.29) is 11.8 Å². The van der Waals surface area contributed by atoms with Gasteiger partial charge in [0.2, 0.25) is 0 Å². The zero-order chi connectivity index (χ0) is 10.8. The Morgan fingerprint density at radius 3 is 2.21 bits per heavy atom. The van der Waals surface area contributed by atoms with Crippen LogP contribution in [0.3, 0.4) is 0 Å². The van der Waals surface area contributed by atoms with Gasteiger partial charge < -0.3 is 9.47 Å². The van der Waals surface area contributed by atoms with E-state index < -0.39 is 0 Å². The normalized spacial score (nSPS) is 9.86. The molecule has 4 heteroatoms. The van der Waals surface area contributed by atoms with E-state index in [9.17, 15) is 9.59 Å². The van der Waals surface area contributed by atoms with E-state index in [1.807, 2.05) is 0 Å². The van der Waals surface area contributed by atoms with Crippen LogP contribution in [0.15, 0.2) is 0 Å². The molecule has 0 saturated carbocycles. The van der Waals surface area contributed by atoms with Crippen molar-refractivity contribution >= 4 is 11.8 Å². The minimum atomic E-state index is -0.214. The number of carbonyl (C=O) groups is 2. The highest BCUT2D eigenvalue weighted by Gasteiger charge is 2.03. The first-order valence-electron chi connectivity index (χ1n) is 4.78. The van der Waals surface area contributed by atoms with Crippen LogP contribution in [0, 0.1) is 0 Å². The van der Waals surface area contributed by atoms with Crippen LogP contribution in [-0.2, 0) is 19.1 Å². The van der Waals surface area contributed by atoms with Gasteiger partial charge in [-0.05, 0) is 12.8 Å². The summed E-state index contributed by atoms with van der Waals surface area (Å²) in [6, 6.07) is 0. The predicted molar refractivity (Wildman–Crippen MR) is 52.0 cm³/mol. The van der Waals surface area contributed by atoms with Crippen LogP contribution in [0.1, 0.15) is 32.1 Å². The Labute approximate surface area is 84.6 Å². The molecule has 0 aliphatic heterocycles. The molecule has 0 amide bonds. The van der Waals surface area contributed by atoms with Crippen LogP contribution in [0.5, 0.6) is 0 Å². The van der Waals surface area contributed by atoms with Crippen LogP contribution >= 0.6 is 0 Å². The summed E-state index contributed by atoms with van der Waals surface area (Å²) in [4.78, 5) is 21.8. The lowest BCUT2D eigenvalue weighted by Crippen LogP contribution is -2.04. The second-order valence-electron chi connectivity index (χ2n) is 3.06. The van der Waals surface area contributed by atoms with Crippen LogP contribution in [0.2, 0.25) is 0 Å². The molecule has 4 nitrogen and oxygen atoms in total. The molecule has 0 fully saturated rings. The third-order valence-electron chi connectivity index (χ3n) is 1.90. The Morgan fingerprint density at radius 1 is 1.00 bits per heavy atom. The zero-order valence-corrected chi connectivity index (χ0v) is 8.88. The Balaban J connectivity index is 3.27. The van der Waals surface area contributed by atoms with Crippen molar-refractivity contribution in [2.45, 2.75) is 32.1 Å². The molecule has 0 N–H and O–H groups in total. The monoisotopic (exact) mass is 202 g/mol. The quantitative estimate of drug-likeness (QED) is 0.440. The van der Waals surface area contributed by atoms with E-state index in [1.54, 1.807) is 7.11 Å². The van der Waals surface area contributed by atoms with Gasteiger partial charge in [-0.15, -0.1) is 0 Å². The van der Waals surface area contributed by atoms with E-state index in [0.29, 0.717) is 32.3 Å². The number of hydrogen-bond acceptors (Lipinski definition) is 4. The molecule has 82 valence electrons. The highest BCUT2D eigenvalue weighted by molar-refractivity contribution is 5.78. The van der Waals surface area contributed by atoms with Gasteiger partial charge in [-0.2, -0.15) is 0 Å². The maximum absolute atomic E-state index is 11.1. The standard InChI is InChI=1S/C10H18O4/c1-13-8-7-9(11)5-3-4-6-10(12)14-2/h3-8H2,1-2H3. The summed E-state index contributed by atoms with van der Waals surface area (Å²) in [5.41, 5.74) is 0. The topological polar surface area (TPSA) is 52.6 Å². The summed E-state index contributed by atoms with van der Waals surface area (Å²) in [5, 5.41) is 0. The third kappa shape index (κ3) is 7.73. The van der Waals surface area contributed by atoms with Crippen LogP contribution in [0.25, 0.3) is 0 Å². The van der Waals surface area contributed by atoms with Crippen molar-refractivity contribution in [1.82, 2.24) is 0 Å². The largest absolute Gasteiger partial charge is 0.469 e. The molecule has 0 spiro atoms. The number of ether oxygens (including phenoxy) is 2. The number of ketones is 1. The third-order valence-corrected chi connectivity index (χ3v) is 1.90. The van der Waals surface area contributed by atoms with Crippen molar-refractivity contribution in [1.29, 1.82) is 0 Å². The molecule has 0 aliphatic rings. The Kier molecular flexibility index (Phi) is 8.13. The van der Waals surface area contributed by atoms with Gasteiger partial charge in [0.15, 0.2) is 0 Å². The smallest absolute Gasteiger partial charge is 0.305 e. The number of Topliss-reactive ketones (excluding diaryl/α,β-unsaturated/α-hetero) is 1. The van der Waals surface area contributed by atoms with Gasteiger partial charge in [-0.3, -0.25) is 9.59 Å². The summed E-state index contributed by atoms with van der Waals surface area (Å²) < 4.78 is 9.26. The van der Waals surface area contributed by atoms with E-state index in [0.717, 1.165) is 6.42 Å². The lowest BCUT2D eigenvalue weighted by atomic mass is 10.1. The fraction of sp³-hybridized carbons (Fsp3) is 0.800. The van der Waals surface area contributed by atoms with Crippen molar-refractivity contribution in [3.05, 3.63) is 0 Å². The van der Waals surface area contributed by atoms with Crippen molar-refractivity contribution < 1.29 is 19.1 Å². The Morgan fingerprint density at radius 2 is 1.64 bits per heavy atom. The first kappa shape index (κ1) is 13.1. The van der Waals surface area contributed by atoms with E-state index in [2.05, 4.69) is 4.74 Å². The van der Waals surface area contributed by atoms with Gasteiger partial charge in [-0.25, -0.2) is 0 Å². The van der Waals surface area contributed by atoms with Gasteiger partial charge in [0, 0.05) is 26.4 Å². The zero-order valence-electron chi connectivity index (χ0n) is 8.88. The average molecular weight is 202 g/mol. The SMILES string of the molecule is COCCC(=O)CCCCC(=O)OC. The molecular weight excluding hydrogens is 184 g/mol. The molecule has 0 heterocycles. The number of methoxy groups -OCH3 is 2. The fourth-order valence-electron chi connectivity index (χ4n) is 1.03. The summed E-state index contributed by atoms with van der Waals surface area (Å²) in [6.07, 6.45) is 2.85. The average Bonchev–Trinajstić information content (AvgIpc) is 2.21. The highest BCUT2D eigenvalue weighted by Crippen LogP contribution is 2.03. The summed E-state index contributed by atoms with van der Waals surface area (Å²) in [6.45, 7) is 0.482. The minimum Gasteiger partial charge on any atom is -0.469 e. The molecule has 0 bridgehead atoms. The van der Waals surface area contributed by atoms with E-state index in [4.69, 9.17) is 4.74 Å². The highest BCUT2D eigenvalue weighted by atomic mass is 16.5. The summed E-state index contributed by atoms with van der Waals surface area (Å²) in [5.74, 6) is -0.0222. The van der Waals surface area contributed by atoms with Crippen molar-refractivity contribution in [2.24, 2.45) is 0 Å². The van der Waals surface area contributed by atoms with Crippen molar-refractivity contribution in [3.63, 3.8) is 0 Å². The molecule has 0 saturated heterocycles. The van der Waals surface area contributed by atoms with Crippen LogP contribution < -0.4 is 0 Å². The van der Waals surface area contributed by atoms with Crippen LogP contribution in [-0.4, -0.2) is 32.6 Å². The molecule has 0 radical (unpaired) electrons. The maximum Gasteiger partial charge on any atom is 0.305 e. The number of hydrogen-bond donors (Lipinski definition) is 0. The van der Waals surface area contributed by atoms with Gasteiger partial charge in [-0.1, -0.05) is 0 Å². The predicted octanol–water partition coefficient (Wildman–Crippen LogP) is 1.33. The van der Waals surface area contributed by atoms with Gasteiger partial charge in [0.05, 0.1) is 13.7 Å². The number of unbranched alkanes of at least 4 members (excludes halogenated alkanes) is 1. The first-order valence-corrected chi connectivity index (χ1v) is 4.78. The van der Waals surface area contributed by atoms with Crippen molar-refractivity contribution in [2.75, 3.05) is 20.8 Å². The molecule has 0 aromatic heterocycles. The minimum absolute atomic E-state index is 0.191. The first-order chi connectivity index (χ1) is 6.70. The fourth-order valence-corrected chi connectivity index (χ4v) is 1.03. The molecular formula is C10H18O4. The molecule has 14 heavy (non-hydrogen) atoms. The Hall–Kier alpha value is -0.900. The van der Waals surface area contributed by atoms with E-state index in [1.165, 1.54) is 7.11 Å².